The Kier molecular flexibility index (Phi) is 4.87. The van der Waals surface area contributed by atoms with E-state index in [9.17, 15) is 9.59 Å². The summed E-state index contributed by atoms with van der Waals surface area (Å²) in [4.78, 5) is 30.6. The van der Waals surface area contributed by atoms with Crippen LogP contribution in [0.3, 0.4) is 0 Å². The zero-order chi connectivity index (χ0) is 18.0. The van der Waals surface area contributed by atoms with Crippen molar-refractivity contribution in [3.05, 3.63) is 52.0 Å². The Morgan fingerprint density at radius 1 is 1.36 bits per heavy atom. The maximum Gasteiger partial charge on any atom is 0.239 e. The molecule has 0 radical (unpaired) electrons. The zero-order valence-electron chi connectivity index (χ0n) is 14.4. The number of benzene rings is 1. The molecule has 3 N–H and O–H groups in total. The molecule has 2 atom stereocenters. The van der Waals surface area contributed by atoms with Crippen LogP contribution in [-0.2, 0) is 15.1 Å². The van der Waals surface area contributed by atoms with Crippen molar-refractivity contribution >= 4 is 23.2 Å². The van der Waals surface area contributed by atoms with Crippen molar-refractivity contribution in [3.8, 4) is 0 Å². The molecule has 7 heteroatoms. The molecule has 0 aliphatic carbocycles. The standard InChI is InChI=1S/C18H22N4O2S/c1-12-10-25-17(20-12)18(21-13(2)23)8-9-22(11-18)15(16(19)24)14-6-4-3-5-7-14/h3-7,10,15H,8-9,11H2,1-2H3,(H2,19,24)(H,21,23). The van der Waals surface area contributed by atoms with Crippen molar-refractivity contribution in [1.82, 2.24) is 15.2 Å². The number of nitrogens with one attached hydrogen (secondary N) is 1. The summed E-state index contributed by atoms with van der Waals surface area (Å²) in [6.45, 7) is 4.60. The van der Waals surface area contributed by atoms with E-state index in [0.29, 0.717) is 19.5 Å². The maximum absolute atomic E-state index is 12.1. The third-order valence-electron chi connectivity index (χ3n) is 4.49. The predicted molar refractivity (Wildman–Crippen MR) is 96.9 cm³/mol. The molecule has 1 aliphatic heterocycles. The fraction of sp³-hybridized carbons (Fsp3) is 0.389. The van der Waals surface area contributed by atoms with E-state index in [1.165, 1.54) is 18.3 Å². The predicted octanol–water partition coefficient (Wildman–Crippen LogP) is 1.72. The van der Waals surface area contributed by atoms with Crippen molar-refractivity contribution in [2.24, 2.45) is 5.73 Å². The number of aromatic nitrogens is 1. The molecule has 0 saturated carbocycles. The van der Waals surface area contributed by atoms with Crippen LogP contribution < -0.4 is 11.1 Å². The van der Waals surface area contributed by atoms with E-state index in [0.717, 1.165) is 16.3 Å². The van der Waals surface area contributed by atoms with Crippen molar-refractivity contribution in [3.63, 3.8) is 0 Å². The average molecular weight is 358 g/mol. The largest absolute Gasteiger partial charge is 0.368 e. The molecule has 1 aromatic heterocycles. The van der Waals surface area contributed by atoms with Gasteiger partial charge in [0.25, 0.3) is 0 Å². The summed E-state index contributed by atoms with van der Waals surface area (Å²) < 4.78 is 0. The van der Waals surface area contributed by atoms with Gasteiger partial charge in [-0.05, 0) is 18.9 Å². The summed E-state index contributed by atoms with van der Waals surface area (Å²) in [5, 5.41) is 5.93. The molecule has 1 saturated heterocycles. The van der Waals surface area contributed by atoms with Gasteiger partial charge in [-0.1, -0.05) is 30.3 Å². The molecule has 1 fully saturated rings. The van der Waals surface area contributed by atoms with E-state index in [-0.39, 0.29) is 11.8 Å². The first-order valence-electron chi connectivity index (χ1n) is 8.21. The van der Waals surface area contributed by atoms with Crippen LogP contribution >= 0.6 is 11.3 Å². The summed E-state index contributed by atoms with van der Waals surface area (Å²) in [5.74, 6) is -0.495. The Morgan fingerprint density at radius 2 is 2.08 bits per heavy atom. The Morgan fingerprint density at radius 3 is 2.64 bits per heavy atom. The molecule has 1 aliphatic rings. The number of primary amides is 1. The molecule has 2 aromatic rings. The van der Waals surface area contributed by atoms with Gasteiger partial charge in [0, 0.05) is 31.1 Å². The summed E-state index contributed by atoms with van der Waals surface area (Å²) in [7, 11) is 0. The number of rotatable bonds is 5. The number of thiazole rings is 1. The molecule has 2 unspecified atom stereocenters. The second-order valence-corrected chi connectivity index (χ2v) is 7.35. The fourth-order valence-corrected chi connectivity index (χ4v) is 4.47. The summed E-state index contributed by atoms with van der Waals surface area (Å²) in [6, 6.07) is 8.99. The van der Waals surface area contributed by atoms with Crippen LogP contribution in [0.15, 0.2) is 35.7 Å². The molecule has 25 heavy (non-hydrogen) atoms. The van der Waals surface area contributed by atoms with Crippen molar-refractivity contribution in [2.45, 2.75) is 31.8 Å². The highest BCUT2D eigenvalue weighted by Gasteiger charge is 2.45. The quantitative estimate of drug-likeness (QED) is 0.852. The Labute approximate surface area is 151 Å². The second-order valence-electron chi connectivity index (χ2n) is 6.49. The lowest BCUT2D eigenvalue weighted by Gasteiger charge is -2.30. The van der Waals surface area contributed by atoms with Gasteiger partial charge in [0.15, 0.2) is 0 Å². The lowest BCUT2D eigenvalue weighted by molar-refractivity contribution is -0.123. The third-order valence-corrected chi connectivity index (χ3v) is 5.66. The molecular formula is C18H22N4O2S. The monoisotopic (exact) mass is 358 g/mol. The minimum atomic E-state index is -0.576. The Hall–Kier alpha value is -2.25. The van der Waals surface area contributed by atoms with Crippen LogP contribution in [0.25, 0.3) is 0 Å². The van der Waals surface area contributed by atoms with E-state index in [4.69, 9.17) is 5.73 Å². The smallest absolute Gasteiger partial charge is 0.239 e. The van der Waals surface area contributed by atoms with Crippen LogP contribution in [0.5, 0.6) is 0 Å². The fourth-order valence-electron chi connectivity index (χ4n) is 3.49. The topological polar surface area (TPSA) is 88.3 Å². The van der Waals surface area contributed by atoms with Crippen molar-refractivity contribution in [2.75, 3.05) is 13.1 Å². The lowest BCUT2D eigenvalue weighted by Crippen LogP contribution is -2.48. The van der Waals surface area contributed by atoms with E-state index < -0.39 is 11.6 Å². The highest BCUT2D eigenvalue weighted by Crippen LogP contribution is 2.37. The molecule has 0 spiro atoms. The van der Waals surface area contributed by atoms with Gasteiger partial charge >= 0.3 is 0 Å². The Balaban J connectivity index is 1.93. The molecule has 1 aromatic carbocycles. The van der Waals surface area contributed by atoms with Gasteiger partial charge in [0.2, 0.25) is 11.8 Å². The molecule has 2 amide bonds. The van der Waals surface area contributed by atoms with E-state index >= 15 is 0 Å². The average Bonchev–Trinajstić information content (AvgIpc) is 3.16. The van der Waals surface area contributed by atoms with Gasteiger partial charge in [-0.15, -0.1) is 11.3 Å². The maximum atomic E-state index is 12.1. The SMILES string of the molecule is CC(=O)NC1(c2nc(C)cs2)CCN(C(C(N)=O)c2ccccc2)C1. The van der Waals surface area contributed by atoms with Crippen LogP contribution in [0.2, 0.25) is 0 Å². The first-order valence-corrected chi connectivity index (χ1v) is 9.09. The van der Waals surface area contributed by atoms with E-state index in [1.54, 1.807) is 0 Å². The zero-order valence-corrected chi connectivity index (χ0v) is 15.2. The number of nitrogens with zero attached hydrogens (tertiary/aromatic N) is 2. The molecule has 0 bridgehead atoms. The highest BCUT2D eigenvalue weighted by molar-refractivity contribution is 7.09. The number of aryl methyl sites for hydroxylation is 1. The molecule has 3 rings (SSSR count). The van der Waals surface area contributed by atoms with Gasteiger partial charge in [-0.2, -0.15) is 0 Å². The molecule has 6 nitrogen and oxygen atoms in total. The summed E-state index contributed by atoms with van der Waals surface area (Å²) >= 11 is 1.54. The van der Waals surface area contributed by atoms with Crippen LogP contribution in [0, 0.1) is 6.92 Å². The van der Waals surface area contributed by atoms with Gasteiger partial charge in [0.05, 0.1) is 0 Å². The van der Waals surface area contributed by atoms with Crippen LogP contribution in [0.1, 0.15) is 35.7 Å². The van der Waals surface area contributed by atoms with E-state index in [2.05, 4.69) is 10.3 Å². The number of carbonyl (C=O) groups excluding carboxylic acids is 2. The minimum Gasteiger partial charge on any atom is -0.368 e. The minimum absolute atomic E-state index is 0.106. The van der Waals surface area contributed by atoms with Crippen molar-refractivity contribution in [1.29, 1.82) is 0 Å². The van der Waals surface area contributed by atoms with Gasteiger partial charge in [-0.3, -0.25) is 14.5 Å². The molecule has 132 valence electrons. The summed E-state index contributed by atoms with van der Waals surface area (Å²) in [6.07, 6.45) is 0.691. The first kappa shape index (κ1) is 17.6. The first-order chi connectivity index (χ1) is 11.9. The number of hydrogen-bond donors (Lipinski definition) is 2. The summed E-state index contributed by atoms with van der Waals surface area (Å²) in [5.41, 5.74) is 6.92. The molecule has 2 heterocycles. The highest BCUT2D eigenvalue weighted by atomic mass is 32.1. The van der Waals surface area contributed by atoms with E-state index in [1.807, 2.05) is 47.5 Å². The number of nitrogens with two attached hydrogens (primary N) is 1. The molecular weight excluding hydrogens is 336 g/mol. The number of hydrogen-bond acceptors (Lipinski definition) is 5. The van der Waals surface area contributed by atoms with Gasteiger partial charge < -0.3 is 11.1 Å². The second kappa shape index (κ2) is 6.93. The third kappa shape index (κ3) is 3.57. The normalized spacial score (nSPS) is 21.8. The number of likely N-dealkylation sites (tertiary alicyclic amines) is 1. The van der Waals surface area contributed by atoms with Crippen LogP contribution in [-0.4, -0.2) is 34.8 Å². The Bertz CT molecular complexity index is 776. The lowest BCUT2D eigenvalue weighted by atomic mass is 9.99. The number of carbonyl (C=O) groups is 2. The van der Waals surface area contributed by atoms with Gasteiger partial charge in [-0.25, -0.2) is 4.98 Å². The van der Waals surface area contributed by atoms with Gasteiger partial charge in [0.1, 0.15) is 16.6 Å². The van der Waals surface area contributed by atoms with Crippen LogP contribution in [0.4, 0.5) is 0 Å². The van der Waals surface area contributed by atoms with Crippen molar-refractivity contribution < 1.29 is 9.59 Å². The number of amides is 2.